The van der Waals surface area contributed by atoms with Crippen molar-refractivity contribution >= 4 is 18.2 Å². The Morgan fingerprint density at radius 1 is 1.15 bits per heavy atom. The summed E-state index contributed by atoms with van der Waals surface area (Å²) in [6.45, 7) is 0. The first-order valence-corrected chi connectivity index (χ1v) is 3.72. The van der Waals surface area contributed by atoms with Crippen LogP contribution in [0.5, 0.6) is 0 Å². The molecule has 0 bridgehead atoms. The highest BCUT2D eigenvalue weighted by Crippen LogP contribution is 2.04. The standard InChI is InChI=1S/C9H6N2O2/c12-5-7-1-2-9-10-8(6-13)4-11(9)3-7/h1-6H. The second kappa shape index (κ2) is 2.82. The molecule has 2 rings (SSSR count). The van der Waals surface area contributed by atoms with Crippen LogP contribution >= 0.6 is 0 Å². The molecule has 2 aromatic heterocycles. The van der Waals surface area contributed by atoms with E-state index in [9.17, 15) is 9.59 Å². The van der Waals surface area contributed by atoms with Gasteiger partial charge in [0.2, 0.25) is 0 Å². The van der Waals surface area contributed by atoms with E-state index in [2.05, 4.69) is 4.98 Å². The summed E-state index contributed by atoms with van der Waals surface area (Å²) in [4.78, 5) is 24.8. The highest BCUT2D eigenvalue weighted by atomic mass is 16.1. The van der Waals surface area contributed by atoms with Gasteiger partial charge in [-0.15, -0.1) is 0 Å². The van der Waals surface area contributed by atoms with Gasteiger partial charge in [0.15, 0.2) is 12.6 Å². The number of carbonyl (C=O) groups excluding carboxylic acids is 2. The normalized spacial score (nSPS) is 10.2. The van der Waals surface area contributed by atoms with E-state index in [4.69, 9.17) is 0 Å². The summed E-state index contributed by atoms with van der Waals surface area (Å²) in [7, 11) is 0. The summed E-state index contributed by atoms with van der Waals surface area (Å²) in [5.41, 5.74) is 1.58. The fraction of sp³-hybridized carbons (Fsp3) is 0. The number of aldehydes is 2. The van der Waals surface area contributed by atoms with Crippen molar-refractivity contribution in [1.82, 2.24) is 9.38 Å². The van der Waals surface area contributed by atoms with Crippen LogP contribution in [-0.2, 0) is 0 Å². The van der Waals surface area contributed by atoms with Gasteiger partial charge >= 0.3 is 0 Å². The number of hydrogen-bond acceptors (Lipinski definition) is 3. The minimum atomic E-state index is 0.364. The minimum absolute atomic E-state index is 0.364. The Hall–Kier alpha value is -1.97. The molecule has 64 valence electrons. The summed E-state index contributed by atoms with van der Waals surface area (Å²) in [6.07, 6.45) is 4.63. The minimum Gasteiger partial charge on any atom is -0.306 e. The van der Waals surface area contributed by atoms with E-state index < -0.39 is 0 Å². The third kappa shape index (κ3) is 1.22. The van der Waals surface area contributed by atoms with Crippen LogP contribution in [0.15, 0.2) is 24.5 Å². The van der Waals surface area contributed by atoms with Crippen LogP contribution in [0.2, 0.25) is 0 Å². The molecule has 0 aromatic carbocycles. The van der Waals surface area contributed by atoms with Gasteiger partial charge in [-0.2, -0.15) is 0 Å². The molecule has 13 heavy (non-hydrogen) atoms. The molecule has 0 N–H and O–H groups in total. The van der Waals surface area contributed by atoms with Crippen LogP contribution in [0.1, 0.15) is 20.8 Å². The second-order valence-corrected chi connectivity index (χ2v) is 2.63. The molecule has 0 amide bonds. The fourth-order valence-corrected chi connectivity index (χ4v) is 1.16. The van der Waals surface area contributed by atoms with Gasteiger partial charge in [0.25, 0.3) is 0 Å². The zero-order valence-corrected chi connectivity index (χ0v) is 6.68. The number of carbonyl (C=O) groups is 2. The van der Waals surface area contributed by atoms with Gasteiger partial charge in [0.1, 0.15) is 11.3 Å². The van der Waals surface area contributed by atoms with E-state index in [0.29, 0.717) is 23.2 Å². The van der Waals surface area contributed by atoms with Crippen LogP contribution < -0.4 is 0 Å². The number of imidazole rings is 1. The Balaban J connectivity index is 2.69. The van der Waals surface area contributed by atoms with Gasteiger partial charge in [-0.3, -0.25) is 9.59 Å². The van der Waals surface area contributed by atoms with E-state index in [1.54, 1.807) is 28.9 Å². The maximum Gasteiger partial charge on any atom is 0.170 e. The van der Waals surface area contributed by atoms with Crippen molar-refractivity contribution in [2.24, 2.45) is 0 Å². The molecule has 4 nitrogen and oxygen atoms in total. The molecule has 0 fully saturated rings. The van der Waals surface area contributed by atoms with Crippen molar-refractivity contribution in [3.8, 4) is 0 Å². The molecule has 2 heterocycles. The number of aromatic nitrogens is 2. The van der Waals surface area contributed by atoms with Crippen molar-refractivity contribution in [2.75, 3.05) is 0 Å². The zero-order chi connectivity index (χ0) is 9.26. The molecule has 2 aromatic rings. The van der Waals surface area contributed by atoms with Crippen molar-refractivity contribution in [1.29, 1.82) is 0 Å². The highest BCUT2D eigenvalue weighted by Gasteiger charge is 1.99. The number of rotatable bonds is 2. The van der Waals surface area contributed by atoms with Gasteiger partial charge < -0.3 is 4.40 Å². The maximum absolute atomic E-state index is 10.4. The largest absolute Gasteiger partial charge is 0.306 e. The van der Waals surface area contributed by atoms with Crippen molar-refractivity contribution < 1.29 is 9.59 Å². The number of fused-ring (bicyclic) bond motifs is 1. The van der Waals surface area contributed by atoms with Crippen LogP contribution in [0.4, 0.5) is 0 Å². The lowest BCUT2D eigenvalue weighted by molar-refractivity contribution is 0.111. The first-order valence-electron chi connectivity index (χ1n) is 3.72. The van der Waals surface area contributed by atoms with Crippen LogP contribution in [0.25, 0.3) is 5.65 Å². The summed E-state index contributed by atoms with van der Waals surface area (Å²) in [6, 6.07) is 3.35. The number of nitrogens with zero attached hydrogens (tertiary/aromatic N) is 2. The lowest BCUT2D eigenvalue weighted by Gasteiger charge is -1.92. The molecular weight excluding hydrogens is 168 g/mol. The lowest BCUT2D eigenvalue weighted by atomic mass is 10.3. The predicted molar refractivity (Wildman–Crippen MR) is 46.0 cm³/mol. The summed E-state index contributed by atoms with van der Waals surface area (Å²) in [5.74, 6) is 0. The van der Waals surface area contributed by atoms with Gasteiger partial charge in [-0.25, -0.2) is 4.98 Å². The van der Waals surface area contributed by atoms with E-state index >= 15 is 0 Å². The number of pyridine rings is 1. The smallest absolute Gasteiger partial charge is 0.170 e. The topological polar surface area (TPSA) is 51.4 Å². The summed E-state index contributed by atoms with van der Waals surface area (Å²) in [5, 5.41) is 0. The van der Waals surface area contributed by atoms with Crippen LogP contribution in [0.3, 0.4) is 0 Å². The Kier molecular flexibility index (Phi) is 1.66. The molecule has 0 spiro atoms. The van der Waals surface area contributed by atoms with Gasteiger partial charge in [0, 0.05) is 18.0 Å². The summed E-state index contributed by atoms with van der Waals surface area (Å²) < 4.78 is 1.65. The average molecular weight is 174 g/mol. The second-order valence-electron chi connectivity index (χ2n) is 2.63. The van der Waals surface area contributed by atoms with E-state index in [-0.39, 0.29) is 0 Å². The molecule has 0 radical (unpaired) electrons. The molecule has 4 heteroatoms. The SMILES string of the molecule is O=Cc1ccc2nc(C=O)cn2c1. The van der Waals surface area contributed by atoms with Crippen LogP contribution in [0, 0.1) is 0 Å². The van der Waals surface area contributed by atoms with E-state index in [1.165, 1.54) is 0 Å². The van der Waals surface area contributed by atoms with Gasteiger partial charge in [0.05, 0.1) is 0 Å². The van der Waals surface area contributed by atoms with Gasteiger partial charge in [-0.1, -0.05) is 0 Å². The molecule has 0 saturated carbocycles. The Labute approximate surface area is 73.8 Å². The molecule has 0 saturated heterocycles. The third-order valence-electron chi connectivity index (χ3n) is 1.75. The summed E-state index contributed by atoms with van der Waals surface area (Å²) >= 11 is 0. The molecule has 0 aliphatic carbocycles. The Bertz CT molecular complexity index is 467. The quantitative estimate of drug-likeness (QED) is 0.637. The zero-order valence-electron chi connectivity index (χ0n) is 6.68. The Morgan fingerprint density at radius 3 is 2.69 bits per heavy atom. The third-order valence-corrected chi connectivity index (χ3v) is 1.75. The lowest BCUT2D eigenvalue weighted by Crippen LogP contribution is -1.86. The Morgan fingerprint density at radius 2 is 2.00 bits per heavy atom. The molecule has 0 unspecified atom stereocenters. The van der Waals surface area contributed by atoms with Crippen molar-refractivity contribution in [3.63, 3.8) is 0 Å². The predicted octanol–water partition coefficient (Wildman–Crippen LogP) is 0.959. The van der Waals surface area contributed by atoms with Crippen LogP contribution in [-0.4, -0.2) is 22.0 Å². The van der Waals surface area contributed by atoms with Crippen molar-refractivity contribution in [2.45, 2.75) is 0 Å². The fourth-order valence-electron chi connectivity index (χ4n) is 1.16. The first-order chi connectivity index (χ1) is 6.33. The highest BCUT2D eigenvalue weighted by molar-refractivity contribution is 5.76. The first kappa shape index (κ1) is 7.67. The van der Waals surface area contributed by atoms with Crippen molar-refractivity contribution in [3.05, 3.63) is 35.8 Å². The monoisotopic (exact) mass is 174 g/mol. The maximum atomic E-state index is 10.4. The molecular formula is C9H6N2O2. The molecule has 0 atom stereocenters. The van der Waals surface area contributed by atoms with Gasteiger partial charge in [-0.05, 0) is 12.1 Å². The average Bonchev–Trinajstić information content (AvgIpc) is 2.58. The van der Waals surface area contributed by atoms with E-state index in [1.807, 2.05) is 0 Å². The molecule has 0 aliphatic rings. The van der Waals surface area contributed by atoms with E-state index in [0.717, 1.165) is 6.29 Å². The molecule has 0 aliphatic heterocycles. The number of hydrogen-bond donors (Lipinski definition) is 0.